The quantitative estimate of drug-likeness (QED) is 0.494. The van der Waals surface area contributed by atoms with Gasteiger partial charge < -0.3 is 8.85 Å². The van der Waals surface area contributed by atoms with E-state index in [1.54, 1.807) is 0 Å². The molecule has 0 aliphatic heterocycles. The zero-order chi connectivity index (χ0) is 10.4. The van der Waals surface area contributed by atoms with Gasteiger partial charge in [-0.25, -0.2) is 9.59 Å². The second-order valence-electron chi connectivity index (χ2n) is 2.42. The Morgan fingerprint density at radius 2 is 1.31 bits per heavy atom. The Balaban J connectivity index is 3.69. The summed E-state index contributed by atoms with van der Waals surface area (Å²) in [6.07, 6.45) is 0. The summed E-state index contributed by atoms with van der Waals surface area (Å²) >= 11 is 0. The standard InChI is InChI=1S/C8H10O4Si/c1-5(2)7(9)11-13-12-8(10)6(3)4/h1,3H2,2,4H3. The van der Waals surface area contributed by atoms with Gasteiger partial charge in [0.1, 0.15) is 0 Å². The summed E-state index contributed by atoms with van der Waals surface area (Å²) in [5.41, 5.74) is 0.526. The van der Waals surface area contributed by atoms with Crippen LogP contribution < -0.4 is 0 Å². The summed E-state index contributed by atoms with van der Waals surface area (Å²) in [6.45, 7) is 9.73. The van der Waals surface area contributed by atoms with Crippen molar-refractivity contribution in [2.24, 2.45) is 0 Å². The third-order valence-corrected chi connectivity index (χ3v) is 1.50. The first-order chi connectivity index (χ1) is 5.95. The lowest BCUT2D eigenvalue weighted by atomic mass is 10.4. The highest BCUT2D eigenvalue weighted by Crippen LogP contribution is 1.93. The van der Waals surface area contributed by atoms with Crippen molar-refractivity contribution < 1.29 is 18.4 Å². The molecule has 0 amide bonds. The Labute approximate surface area is 79.3 Å². The van der Waals surface area contributed by atoms with Crippen molar-refractivity contribution in [1.82, 2.24) is 0 Å². The smallest absolute Gasteiger partial charge is 0.477 e. The van der Waals surface area contributed by atoms with E-state index in [0.717, 1.165) is 0 Å². The van der Waals surface area contributed by atoms with E-state index in [2.05, 4.69) is 22.0 Å². The zero-order valence-electron chi connectivity index (χ0n) is 7.55. The Morgan fingerprint density at radius 3 is 1.54 bits per heavy atom. The molecule has 0 aromatic rings. The molecule has 0 fully saturated rings. The van der Waals surface area contributed by atoms with Crippen LogP contribution in [0, 0.1) is 0 Å². The summed E-state index contributed by atoms with van der Waals surface area (Å²) in [6, 6.07) is 0. The van der Waals surface area contributed by atoms with Crippen molar-refractivity contribution >= 4 is 21.9 Å². The highest BCUT2D eigenvalue weighted by atomic mass is 28.3. The van der Waals surface area contributed by atoms with Crippen LogP contribution in [0.1, 0.15) is 13.8 Å². The van der Waals surface area contributed by atoms with E-state index in [9.17, 15) is 9.59 Å². The van der Waals surface area contributed by atoms with Gasteiger partial charge in [-0.05, 0) is 13.8 Å². The molecule has 0 N–H and O–H groups in total. The van der Waals surface area contributed by atoms with Gasteiger partial charge in [-0.15, -0.1) is 0 Å². The lowest BCUT2D eigenvalue weighted by Gasteiger charge is -2.02. The normalized spacial score (nSPS) is 8.77. The van der Waals surface area contributed by atoms with Gasteiger partial charge in [-0.1, -0.05) is 13.2 Å². The lowest BCUT2D eigenvalue weighted by molar-refractivity contribution is -0.134. The molecule has 0 heterocycles. The average Bonchev–Trinajstić information content (AvgIpc) is 2.03. The molecular formula is C8H10O4Si. The first kappa shape index (κ1) is 11.6. The minimum absolute atomic E-state index is 0.263. The minimum Gasteiger partial charge on any atom is -0.477 e. The molecule has 13 heavy (non-hydrogen) atoms. The molecule has 2 radical (unpaired) electrons. The van der Waals surface area contributed by atoms with E-state index in [-0.39, 0.29) is 11.1 Å². The predicted molar refractivity (Wildman–Crippen MR) is 47.6 cm³/mol. The summed E-state index contributed by atoms with van der Waals surface area (Å²) in [7, 11) is -0.642. The first-order valence-electron chi connectivity index (χ1n) is 3.43. The lowest BCUT2D eigenvalue weighted by Crippen LogP contribution is -2.16. The van der Waals surface area contributed by atoms with E-state index in [4.69, 9.17) is 0 Å². The second-order valence-corrected chi connectivity index (χ2v) is 3.00. The van der Waals surface area contributed by atoms with Crippen LogP contribution >= 0.6 is 0 Å². The molecule has 4 nitrogen and oxygen atoms in total. The van der Waals surface area contributed by atoms with Crippen LogP contribution in [0.15, 0.2) is 24.3 Å². The van der Waals surface area contributed by atoms with Gasteiger partial charge in [-0.2, -0.15) is 0 Å². The molecule has 5 heteroatoms. The molecule has 70 valence electrons. The Hall–Kier alpha value is -1.36. The van der Waals surface area contributed by atoms with Crippen LogP contribution in [-0.2, 0) is 18.4 Å². The summed E-state index contributed by atoms with van der Waals surface area (Å²) < 4.78 is 9.06. The van der Waals surface area contributed by atoms with Gasteiger partial charge >= 0.3 is 21.9 Å². The van der Waals surface area contributed by atoms with Crippen LogP contribution in [0.5, 0.6) is 0 Å². The van der Waals surface area contributed by atoms with E-state index < -0.39 is 21.9 Å². The average molecular weight is 198 g/mol. The van der Waals surface area contributed by atoms with Gasteiger partial charge in [0.2, 0.25) is 0 Å². The van der Waals surface area contributed by atoms with Crippen molar-refractivity contribution in [3.05, 3.63) is 24.3 Å². The second kappa shape index (κ2) is 5.31. The number of carbonyl (C=O) groups excluding carboxylic acids is 2. The van der Waals surface area contributed by atoms with Crippen LogP contribution in [-0.4, -0.2) is 21.9 Å². The maximum Gasteiger partial charge on any atom is 0.614 e. The third kappa shape index (κ3) is 4.97. The van der Waals surface area contributed by atoms with E-state index in [1.165, 1.54) is 13.8 Å². The molecule has 0 aliphatic carbocycles. The number of hydrogen-bond donors (Lipinski definition) is 0. The molecule has 0 saturated heterocycles. The fourth-order valence-corrected chi connectivity index (χ4v) is 0.812. The molecule has 0 aromatic carbocycles. The number of hydrogen-bond acceptors (Lipinski definition) is 4. The van der Waals surface area contributed by atoms with Gasteiger partial charge in [0.05, 0.1) is 0 Å². The number of carbonyl (C=O) groups is 2. The van der Waals surface area contributed by atoms with Gasteiger partial charge in [0, 0.05) is 11.1 Å². The van der Waals surface area contributed by atoms with Crippen molar-refractivity contribution in [2.45, 2.75) is 13.8 Å². The fraction of sp³-hybridized carbons (Fsp3) is 0.250. The number of rotatable bonds is 4. The van der Waals surface area contributed by atoms with E-state index in [1.807, 2.05) is 0 Å². The van der Waals surface area contributed by atoms with Gasteiger partial charge in [0.25, 0.3) is 0 Å². The van der Waals surface area contributed by atoms with Crippen LogP contribution in [0.25, 0.3) is 0 Å². The monoisotopic (exact) mass is 198 g/mol. The fourth-order valence-electron chi connectivity index (χ4n) is 0.271. The highest BCUT2D eigenvalue weighted by Gasteiger charge is 2.10. The maximum atomic E-state index is 10.8. The van der Waals surface area contributed by atoms with Crippen molar-refractivity contribution in [1.29, 1.82) is 0 Å². The maximum absolute atomic E-state index is 10.8. The SMILES string of the molecule is C=C(C)C(=O)O[Si]OC(=O)C(=C)C. The zero-order valence-corrected chi connectivity index (χ0v) is 8.55. The van der Waals surface area contributed by atoms with E-state index >= 15 is 0 Å². The Kier molecular flexibility index (Phi) is 4.76. The van der Waals surface area contributed by atoms with Crippen LogP contribution in [0.2, 0.25) is 0 Å². The molecule has 0 bridgehead atoms. The topological polar surface area (TPSA) is 52.6 Å². The van der Waals surface area contributed by atoms with Crippen molar-refractivity contribution in [3.8, 4) is 0 Å². The van der Waals surface area contributed by atoms with E-state index in [0.29, 0.717) is 0 Å². The molecule has 0 rings (SSSR count). The molecule has 0 aliphatic rings. The first-order valence-corrected chi connectivity index (χ1v) is 4.25. The molecule has 0 unspecified atom stereocenters. The molecular weight excluding hydrogens is 188 g/mol. The Bertz CT molecular complexity index is 231. The van der Waals surface area contributed by atoms with Crippen LogP contribution in [0.3, 0.4) is 0 Å². The summed E-state index contributed by atoms with van der Waals surface area (Å²) in [5, 5.41) is 0. The van der Waals surface area contributed by atoms with Gasteiger partial charge in [0.15, 0.2) is 0 Å². The molecule has 0 saturated carbocycles. The third-order valence-electron chi connectivity index (χ3n) is 0.966. The highest BCUT2D eigenvalue weighted by molar-refractivity contribution is 6.28. The summed E-state index contributed by atoms with van der Waals surface area (Å²) in [5.74, 6) is -1.15. The van der Waals surface area contributed by atoms with Gasteiger partial charge in [-0.3, -0.25) is 0 Å². The summed E-state index contributed by atoms with van der Waals surface area (Å²) in [4.78, 5) is 21.5. The molecule has 0 atom stereocenters. The molecule has 0 aromatic heterocycles. The van der Waals surface area contributed by atoms with Crippen molar-refractivity contribution in [2.75, 3.05) is 0 Å². The largest absolute Gasteiger partial charge is 0.614 e. The predicted octanol–water partition coefficient (Wildman–Crippen LogP) is 0.759. The van der Waals surface area contributed by atoms with Crippen LogP contribution in [0.4, 0.5) is 0 Å². The van der Waals surface area contributed by atoms with Crippen molar-refractivity contribution in [3.63, 3.8) is 0 Å². The Morgan fingerprint density at radius 1 is 1.00 bits per heavy atom. The minimum atomic E-state index is -0.642. The molecule has 0 spiro atoms.